The SMILES string of the molecule is CC(O)C1CCN(c2ncc(Br)cc2C(F)(F)F)CC1. The van der Waals surface area contributed by atoms with Gasteiger partial charge in [-0.2, -0.15) is 13.2 Å². The van der Waals surface area contributed by atoms with E-state index in [9.17, 15) is 18.3 Å². The van der Waals surface area contributed by atoms with E-state index >= 15 is 0 Å². The first-order valence-corrected chi connectivity index (χ1v) is 7.24. The number of piperidine rings is 1. The van der Waals surface area contributed by atoms with E-state index in [0.717, 1.165) is 6.07 Å². The summed E-state index contributed by atoms with van der Waals surface area (Å²) >= 11 is 3.03. The van der Waals surface area contributed by atoms with Crippen molar-refractivity contribution in [1.29, 1.82) is 0 Å². The first kappa shape index (κ1) is 15.6. The van der Waals surface area contributed by atoms with Crippen molar-refractivity contribution in [3.8, 4) is 0 Å². The summed E-state index contributed by atoms with van der Waals surface area (Å²) in [6.45, 7) is 2.68. The van der Waals surface area contributed by atoms with Gasteiger partial charge in [-0.15, -0.1) is 0 Å². The van der Waals surface area contributed by atoms with Gasteiger partial charge in [-0.3, -0.25) is 0 Å². The lowest BCUT2D eigenvalue weighted by molar-refractivity contribution is -0.137. The number of pyridine rings is 1. The summed E-state index contributed by atoms with van der Waals surface area (Å²) < 4.78 is 39.5. The molecule has 1 aliphatic heterocycles. The molecule has 1 fully saturated rings. The lowest BCUT2D eigenvalue weighted by Gasteiger charge is -2.35. The third-order valence-corrected chi connectivity index (χ3v) is 4.09. The quantitative estimate of drug-likeness (QED) is 0.885. The fraction of sp³-hybridized carbons (Fsp3) is 0.615. The Morgan fingerprint density at radius 1 is 1.40 bits per heavy atom. The molecule has 112 valence electrons. The summed E-state index contributed by atoms with van der Waals surface area (Å²) in [5.74, 6) is 0.126. The fourth-order valence-corrected chi connectivity index (χ4v) is 2.82. The molecule has 2 heterocycles. The van der Waals surface area contributed by atoms with Gasteiger partial charge in [0.05, 0.1) is 11.7 Å². The minimum Gasteiger partial charge on any atom is -0.393 e. The Balaban J connectivity index is 2.22. The van der Waals surface area contributed by atoms with Crippen molar-refractivity contribution >= 4 is 21.7 Å². The molecule has 1 N–H and O–H groups in total. The summed E-state index contributed by atoms with van der Waals surface area (Å²) in [5, 5.41) is 9.53. The topological polar surface area (TPSA) is 36.4 Å². The van der Waals surface area contributed by atoms with Crippen LogP contribution in [0.25, 0.3) is 0 Å². The number of anilines is 1. The van der Waals surface area contributed by atoms with E-state index in [0.29, 0.717) is 30.4 Å². The van der Waals surface area contributed by atoms with Gasteiger partial charge in [0.2, 0.25) is 0 Å². The van der Waals surface area contributed by atoms with Crippen LogP contribution in [-0.2, 0) is 6.18 Å². The summed E-state index contributed by atoms with van der Waals surface area (Å²) in [4.78, 5) is 5.58. The smallest absolute Gasteiger partial charge is 0.393 e. The molecule has 1 atom stereocenters. The molecule has 0 aromatic carbocycles. The second-order valence-electron chi connectivity index (χ2n) is 5.09. The highest BCUT2D eigenvalue weighted by Crippen LogP contribution is 2.38. The van der Waals surface area contributed by atoms with Crippen molar-refractivity contribution < 1.29 is 18.3 Å². The van der Waals surface area contributed by atoms with Crippen LogP contribution in [0.15, 0.2) is 16.7 Å². The van der Waals surface area contributed by atoms with E-state index in [1.807, 2.05) is 0 Å². The van der Waals surface area contributed by atoms with Crippen molar-refractivity contribution in [2.75, 3.05) is 18.0 Å². The molecule has 1 aromatic heterocycles. The van der Waals surface area contributed by atoms with E-state index < -0.39 is 17.8 Å². The molecule has 20 heavy (non-hydrogen) atoms. The van der Waals surface area contributed by atoms with Gasteiger partial charge < -0.3 is 10.0 Å². The maximum atomic E-state index is 13.1. The molecular weight excluding hydrogens is 337 g/mol. The maximum Gasteiger partial charge on any atom is 0.419 e. The third-order valence-electron chi connectivity index (χ3n) is 3.66. The van der Waals surface area contributed by atoms with E-state index in [2.05, 4.69) is 20.9 Å². The summed E-state index contributed by atoms with van der Waals surface area (Å²) in [7, 11) is 0. The van der Waals surface area contributed by atoms with Crippen LogP contribution in [0.2, 0.25) is 0 Å². The number of aromatic nitrogens is 1. The van der Waals surface area contributed by atoms with Gasteiger partial charge in [-0.1, -0.05) is 0 Å². The summed E-state index contributed by atoms with van der Waals surface area (Å²) in [6.07, 6.45) is -2.12. The molecule has 1 aromatic rings. The predicted molar refractivity (Wildman–Crippen MR) is 73.6 cm³/mol. The molecular formula is C13H16BrF3N2O. The number of aliphatic hydroxyl groups is 1. The number of halogens is 4. The molecule has 0 radical (unpaired) electrons. The average Bonchev–Trinajstić information content (AvgIpc) is 2.38. The zero-order valence-corrected chi connectivity index (χ0v) is 12.6. The van der Waals surface area contributed by atoms with Crippen molar-refractivity contribution in [1.82, 2.24) is 4.98 Å². The second-order valence-corrected chi connectivity index (χ2v) is 6.00. The van der Waals surface area contributed by atoms with Gasteiger partial charge in [0.25, 0.3) is 0 Å². The molecule has 7 heteroatoms. The lowest BCUT2D eigenvalue weighted by Crippen LogP contribution is -2.38. The van der Waals surface area contributed by atoms with Crippen molar-refractivity contribution in [2.24, 2.45) is 5.92 Å². The summed E-state index contributed by atoms with van der Waals surface area (Å²) in [6, 6.07) is 1.06. The van der Waals surface area contributed by atoms with E-state index in [4.69, 9.17) is 0 Å². The molecule has 0 bridgehead atoms. The molecule has 0 saturated carbocycles. The molecule has 3 nitrogen and oxygen atoms in total. The number of rotatable bonds is 2. The van der Waals surface area contributed by atoms with Gasteiger partial charge in [0.15, 0.2) is 0 Å². The van der Waals surface area contributed by atoms with E-state index in [1.54, 1.807) is 11.8 Å². The normalized spacial score (nSPS) is 19.2. The average molecular weight is 353 g/mol. The molecule has 0 spiro atoms. The largest absolute Gasteiger partial charge is 0.419 e. The van der Waals surface area contributed by atoms with Crippen LogP contribution in [-0.4, -0.2) is 29.3 Å². The molecule has 0 aliphatic carbocycles. The Labute approximate surface area is 123 Å². The van der Waals surface area contributed by atoms with Crippen molar-refractivity contribution in [3.05, 3.63) is 22.3 Å². The highest BCUT2D eigenvalue weighted by Gasteiger charge is 2.37. The van der Waals surface area contributed by atoms with Crippen LogP contribution >= 0.6 is 15.9 Å². The Bertz CT molecular complexity index is 471. The molecule has 1 aliphatic rings. The Hall–Kier alpha value is -0.820. The lowest BCUT2D eigenvalue weighted by atomic mass is 9.92. The highest BCUT2D eigenvalue weighted by molar-refractivity contribution is 9.10. The van der Waals surface area contributed by atoms with Gasteiger partial charge in [-0.25, -0.2) is 4.98 Å². The monoisotopic (exact) mass is 352 g/mol. The van der Waals surface area contributed by atoms with Gasteiger partial charge in [-0.05, 0) is 47.7 Å². The van der Waals surface area contributed by atoms with Gasteiger partial charge in [0, 0.05) is 23.8 Å². The zero-order chi connectivity index (χ0) is 14.9. The minimum absolute atomic E-state index is 0.0234. The Kier molecular flexibility index (Phi) is 4.59. The van der Waals surface area contributed by atoms with Crippen molar-refractivity contribution in [3.63, 3.8) is 0 Å². The number of hydrogen-bond donors (Lipinski definition) is 1. The van der Waals surface area contributed by atoms with Gasteiger partial charge in [0.1, 0.15) is 5.82 Å². The first-order chi connectivity index (χ1) is 9.29. The second kappa shape index (κ2) is 5.89. The number of alkyl halides is 3. The molecule has 1 saturated heterocycles. The Morgan fingerprint density at radius 2 is 2.00 bits per heavy atom. The van der Waals surface area contributed by atoms with Crippen LogP contribution < -0.4 is 4.90 Å². The summed E-state index contributed by atoms with van der Waals surface area (Å²) in [5.41, 5.74) is -0.720. The molecule has 2 rings (SSSR count). The van der Waals surface area contributed by atoms with Crippen LogP contribution in [0.4, 0.5) is 19.0 Å². The van der Waals surface area contributed by atoms with E-state index in [-0.39, 0.29) is 11.7 Å². The first-order valence-electron chi connectivity index (χ1n) is 6.45. The highest BCUT2D eigenvalue weighted by atomic mass is 79.9. The fourth-order valence-electron chi connectivity index (χ4n) is 2.49. The number of aliphatic hydroxyl groups excluding tert-OH is 1. The number of hydrogen-bond acceptors (Lipinski definition) is 3. The minimum atomic E-state index is -4.42. The van der Waals surface area contributed by atoms with Crippen molar-refractivity contribution in [2.45, 2.75) is 32.0 Å². The van der Waals surface area contributed by atoms with Crippen LogP contribution in [0, 0.1) is 5.92 Å². The third kappa shape index (κ3) is 3.44. The predicted octanol–water partition coefficient (Wildman–Crippen LogP) is 3.46. The standard InChI is InChI=1S/C13H16BrF3N2O/c1-8(20)9-2-4-19(5-3-9)12-11(13(15,16)17)6-10(14)7-18-12/h6-9,20H,2-5H2,1H3. The maximum absolute atomic E-state index is 13.1. The Morgan fingerprint density at radius 3 is 2.50 bits per heavy atom. The van der Waals surface area contributed by atoms with E-state index in [1.165, 1.54) is 6.20 Å². The zero-order valence-electron chi connectivity index (χ0n) is 11.0. The molecule has 0 amide bonds. The van der Waals surface area contributed by atoms with Crippen LogP contribution in [0.5, 0.6) is 0 Å². The van der Waals surface area contributed by atoms with Gasteiger partial charge >= 0.3 is 6.18 Å². The van der Waals surface area contributed by atoms with Crippen LogP contribution in [0.1, 0.15) is 25.3 Å². The number of nitrogens with zero attached hydrogens (tertiary/aromatic N) is 2. The molecule has 1 unspecified atom stereocenters. The van der Waals surface area contributed by atoms with Crippen LogP contribution in [0.3, 0.4) is 0 Å².